The van der Waals surface area contributed by atoms with Crippen LogP contribution in [-0.2, 0) is 10.8 Å². The monoisotopic (exact) mass is 1250 g/mol. The Morgan fingerprint density at radius 1 is 0.208 bits per heavy atom. The van der Waals surface area contributed by atoms with Gasteiger partial charge in [0, 0.05) is 79.1 Å². The molecule has 1 aliphatic rings. The Kier molecular flexibility index (Phi) is 17.2. The van der Waals surface area contributed by atoms with Gasteiger partial charge >= 0.3 is 0 Å². The van der Waals surface area contributed by atoms with E-state index < -0.39 is 10.8 Å². The summed E-state index contributed by atoms with van der Waals surface area (Å²) < 4.78 is 0. The Morgan fingerprint density at radius 2 is 0.417 bits per heavy atom. The summed E-state index contributed by atoms with van der Waals surface area (Å²) in [5.74, 6) is 0. The predicted octanol–water partition coefficient (Wildman–Crippen LogP) is 25.5. The molecule has 13 rings (SSSR count). The summed E-state index contributed by atoms with van der Waals surface area (Å²) in [5.41, 5.74) is 38.8. The van der Waals surface area contributed by atoms with Crippen molar-refractivity contribution in [1.82, 2.24) is 0 Å². The number of fused-ring (bicyclic) bond motifs is 1. The molecular weight excluding hydrogens is 1160 g/mol. The first-order valence-corrected chi connectivity index (χ1v) is 34.2. The second-order valence-electron chi connectivity index (χ2n) is 28.4. The van der Waals surface area contributed by atoms with Crippen LogP contribution in [0, 0.1) is 111 Å². The zero-order valence-electron chi connectivity index (χ0n) is 59.5. The average Bonchev–Trinajstić information content (AvgIpc) is 1.53. The minimum absolute atomic E-state index is 0.493. The molecule has 0 aliphatic heterocycles. The lowest BCUT2D eigenvalue weighted by atomic mass is 9.67. The van der Waals surface area contributed by atoms with Gasteiger partial charge in [-0.3, -0.25) is 0 Å². The fourth-order valence-corrected chi connectivity index (χ4v) is 16.0. The number of hydrogen-bond donors (Lipinski definition) is 0. The molecule has 4 heteroatoms. The molecule has 0 bridgehead atoms. The molecule has 1 atom stereocenters. The highest BCUT2D eigenvalue weighted by molar-refractivity contribution is 5.86. The van der Waals surface area contributed by atoms with Crippen molar-refractivity contribution in [3.63, 3.8) is 0 Å². The molecule has 4 nitrogen and oxygen atoms in total. The van der Waals surface area contributed by atoms with Crippen LogP contribution in [0.2, 0.25) is 0 Å². The van der Waals surface area contributed by atoms with Gasteiger partial charge in [-0.2, -0.15) is 0 Å². The molecule has 1 unspecified atom stereocenters. The first-order valence-electron chi connectivity index (χ1n) is 34.2. The molecule has 0 aromatic heterocycles. The summed E-state index contributed by atoms with van der Waals surface area (Å²) in [6.07, 6.45) is 0.761. The van der Waals surface area contributed by atoms with Crippen LogP contribution in [0.15, 0.2) is 237 Å². The van der Waals surface area contributed by atoms with Crippen molar-refractivity contribution >= 4 is 68.2 Å². The number of rotatable bonds is 15. The van der Waals surface area contributed by atoms with E-state index in [0.717, 1.165) is 40.5 Å². The highest BCUT2D eigenvalue weighted by atomic mass is 15.2. The Balaban J connectivity index is 1.08. The molecule has 0 spiro atoms. The van der Waals surface area contributed by atoms with Crippen LogP contribution in [0.3, 0.4) is 0 Å². The second-order valence-corrected chi connectivity index (χ2v) is 28.4. The van der Waals surface area contributed by atoms with Gasteiger partial charge in [-0.25, -0.2) is 0 Å². The normalized spacial score (nSPS) is 14.0. The topological polar surface area (TPSA) is 13.0 Å². The third-order valence-electron chi connectivity index (χ3n) is 20.7. The molecule has 0 radical (unpaired) electrons. The van der Waals surface area contributed by atoms with Gasteiger partial charge in [0.25, 0.3) is 0 Å². The van der Waals surface area contributed by atoms with Gasteiger partial charge in [-0.05, 0) is 287 Å². The summed E-state index contributed by atoms with van der Waals surface area (Å²) in [5, 5.41) is 0. The van der Waals surface area contributed by atoms with Gasteiger partial charge < -0.3 is 19.6 Å². The van der Waals surface area contributed by atoms with Crippen LogP contribution in [0.4, 0.5) is 68.2 Å². The molecule has 12 aromatic rings. The summed E-state index contributed by atoms with van der Waals surface area (Å²) >= 11 is 0. The van der Waals surface area contributed by atoms with Gasteiger partial charge in [0.05, 0.1) is 0 Å². The van der Waals surface area contributed by atoms with Crippen molar-refractivity contribution in [3.8, 4) is 0 Å². The standard InChI is InChI=1S/C92H92N4/c1-58-18-40-83(66(9)48-58)93(84-41-19-59(2)49-67(84)10)77-32-26-74(27-33-77)91(17)57-92(75-28-34-78(35-29-75)94(85-42-20-60(3)50-68(85)11)86-43-21-61(4)51-69(86)12,76-30-36-79(37-31-76)95(87-44-22-62(5)52-70(87)13)88-45-23-63(6)53-71(88)14)82-56-80(38-39-81(82)91)96(89-46-24-64(7)54-72(89)15)90-47-25-65(8)55-73(90)16/h18-56H,57H2,1-17H3. The minimum atomic E-state index is -0.690. The Hall–Kier alpha value is -10.2. The third kappa shape index (κ3) is 11.8. The summed E-state index contributed by atoms with van der Waals surface area (Å²) in [6.45, 7) is 38.0. The first kappa shape index (κ1) is 64.5. The Morgan fingerprint density at radius 3 is 0.646 bits per heavy atom. The van der Waals surface area contributed by atoms with Gasteiger partial charge in [-0.1, -0.05) is 191 Å². The summed E-state index contributed by atoms with van der Waals surface area (Å²) in [4.78, 5) is 9.94. The van der Waals surface area contributed by atoms with Gasteiger partial charge in [0.2, 0.25) is 0 Å². The predicted molar refractivity (Wildman–Crippen MR) is 411 cm³/mol. The highest BCUT2D eigenvalue weighted by Crippen LogP contribution is 2.61. The zero-order valence-corrected chi connectivity index (χ0v) is 59.5. The van der Waals surface area contributed by atoms with Crippen LogP contribution in [-0.4, -0.2) is 0 Å². The van der Waals surface area contributed by atoms with Crippen LogP contribution < -0.4 is 19.6 Å². The third-order valence-corrected chi connectivity index (χ3v) is 20.7. The smallest absolute Gasteiger partial charge is 0.0491 e. The van der Waals surface area contributed by atoms with Crippen molar-refractivity contribution in [1.29, 1.82) is 0 Å². The number of hydrogen-bond acceptors (Lipinski definition) is 4. The maximum absolute atomic E-state index is 2.58. The lowest BCUT2D eigenvalue weighted by Crippen LogP contribution is -2.30. The highest BCUT2D eigenvalue weighted by Gasteiger charge is 2.53. The zero-order chi connectivity index (χ0) is 67.6. The van der Waals surface area contributed by atoms with Gasteiger partial charge in [-0.15, -0.1) is 0 Å². The van der Waals surface area contributed by atoms with Crippen molar-refractivity contribution in [2.24, 2.45) is 0 Å². The van der Waals surface area contributed by atoms with Crippen LogP contribution >= 0.6 is 0 Å². The quantitative estimate of drug-likeness (QED) is 0.101. The molecule has 0 fully saturated rings. The van der Waals surface area contributed by atoms with E-state index in [0.29, 0.717) is 0 Å². The Labute approximate surface area is 572 Å². The van der Waals surface area contributed by atoms with Gasteiger partial charge in [0.15, 0.2) is 0 Å². The van der Waals surface area contributed by atoms with E-state index in [1.165, 1.54) is 151 Å². The Bertz CT molecular complexity index is 4590. The maximum Gasteiger partial charge on any atom is 0.0491 e. The van der Waals surface area contributed by atoms with Crippen LogP contribution in [0.1, 0.15) is 130 Å². The second kappa shape index (κ2) is 25.5. The molecule has 0 saturated carbocycles. The molecule has 0 N–H and O–H groups in total. The summed E-state index contributed by atoms with van der Waals surface area (Å²) in [6, 6.07) is 91.5. The van der Waals surface area contributed by atoms with E-state index in [1.807, 2.05) is 0 Å². The average molecular weight is 1250 g/mol. The van der Waals surface area contributed by atoms with Crippen molar-refractivity contribution in [2.75, 3.05) is 19.6 Å². The molecule has 96 heavy (non-hydrogen) atoms. The molecular formula is C92H92N4. The molecule has 480 valence electrons. The molecule has 0 amide bonds. The van der Waals surface area contributed by atoms with E-state index in [9.17, 15) is 0 Å². The lowest BCUT2D eigenvalue weighted by molar-refractivity contribution is 0.473. The van der Waals surface area contributed by atoms with E-state index in [1.54, 1.807) is 0 Å². The fraction of sp³-hybridized carbons (Fsp3) is 0.217. The molecule has 1 aliphatic carbocycles. The number of nitrogens with zero attached hydrogens (tertiary/aromatic N) is 4. The van der Waals surface area contributed by atoms with E-state index in [2.05, 4.69) is 374 Å². The molecule has 0 heterocycles. The first-order chi connectivity index (χ1) is 46.0. The van der Waals surface area contributed by atoms with Crippen molar-refractivity contribution in [3.05, 3.63) is 353 Å². The molecule has 12 aromatic carbocycles. The van der Waals surface area contributed by atoms with E-state index >= 15 is 0 Å². The van der Waals surface area contributed by atoms with Crippen molar-refractivity contribution in [2.45, 2.75) is 135 Å². The van der Waals surface area contributed by atoms with Crippen LogP contribution in [0.5, 0.6) is 0 Å². The summed E-state index contributed by atoms with van der Waals surface area (Å²) in [7, 11) is 0. The van der Waals surface area contributed by atoms with Crippen LogP contribution in [0.25, 0.3) is 0 Å². The maximum atomic E-state index is 2.58. The minimum Gasteiger partial charge on any atom is -0.310 e. The van der Waals surface area contributed by atoms with E-state index in [-0.39, 0.29) is 0 Å². The number of benzene rings is 12. The van der Waals surface area contributed by atoms with Crippen molar-refractivity contribution < 1.29 is 0 Å². The fourth-order valence-electron chi connectivity index (χ4n) is 16.0. The van der Waals surface area contributed by atoms with E-state index in [4.69, 9.17) is 0 Å². The van der Waals surface area contributed by atoms with Gasteiger partial charge in [0.1, 0.15) is 0 Å². The SMILES string of the molecule is Cc1ccc(N(c2ccc(C3(C)CC(c4ccc(N(c5ccc(C)cc5C)c5ccc(C)cc5C)cc4)(c4ccc(N(c5ccc(C)cc5C)c5ccc(C)cc5C)cc4)c4cc(N(c5ccc(C)cc5C)c5ccc(C)cc5C)ccc43)cc2)c2ccc(C)cc2C)c(C)c1. The lowest BCUT2D eigenvalue weighted by Gasteiger charge is -2.37. The molecule has 0 saturated heterocycles. The largest absolute Gasteiger partial charge is 0.310 e. The number of aryl methyl sites for hydroxylation is 16. The number of anilines is 12.